The SMILES string of the molecule is CC(C)Oc1ccc(Cl)cc1CNc1nccnc1N(C)C. The number of hydrogen-bond acceptors (Lipinski definition) is 5. The summed E-state index contributed by atoms with van der Waals surface area (Å²) in [6, 6.07) is 5.62. The third kappa shape index (κ3) is 4.24. The molecular weight excluding hydrogens is 300 g/mol. The molecule has 0 amide bonds. The summed E-state index contributed by atoms with van der Waals surface area (Å²) in [6.07, 6.45) is 3.44. The highest BCUT2D eigenvalue weighted by molar-refractivity contribution is 6.30. The summed E-state index contributed by atoms with van der Waals surface area (Å²) in [5.41, 5.74) is 0.983. The second kappa shape index (κ2) is 7.31. The average Bonchev–Trinajstić information content (AvgIpc) is 2.47. The number of halogens is 1. The molecular formula is C16H21ClN4O. The van der Waals surface area contributed by atoms with Gasteiger partial charge in [-0.15, -0.1) is 0 Å². The van der Waals surface area contributed by atoms with Crippen LogP contribution in [0.2, 0.25) is 5.02 Å². The molecule has 22 heavy (non-hydrogen) atoms. The first-order valence-corrected chi connectivity index (χ1v) is 7.52. The molecule has 0 spiro atoms. The molecule has 1 heterocycles. The quantitative estimate of drug-likeness (QED) is 0.881. The molecule has 1 aromatic heterocycles. The van der Waals surface area contributed by atoms with Crippen LogP contribution in [0.15, 0.2) is 30.6 Å². The third-order valence-corrected chi connectivity index (χ3v) is 3.17. The lowest BCUT2D eigenvalue weighted by atomic mass is 10.2. The van der Waals surface area contributed by atoms with Gasteiger partial charge in [0.2, 0.25) is 0 Å². The Labute approximate surface area is 136 Å². The van der Waals surface area contributed by atoms with Crippen LogP contribution in [0.4, 0.5) is 11.6 Å². The largest absolute Gasteiger partial charge is 0.491 e. The van der Waals surface area contributed by atoms with Crippen molar-refractivity contribution >= 4 is 23.2 Å². The lowest BCUT2D eigenvalue weighted by Crippen LogP contribution is -2.15. The molecule has 0 atom stereocenters. The molecule has 6 heteroatoms. The zero-order chi connectivity index (χ0) is 16.1. The number of aromatic nitrogens is 2. The first kappa shape index (κ1) is 16.4. The highest BCUT2D eigenvalue weighted by Gasteiger charge is 2.10. The number of rotatable bonds is 6. The van der Waals surface area contributed by atoms with E-state index >= 15 is 0 Å². The van der Waals surface area contributed by atoms with Crippen LogP contribution in [0, 0.1) is 0 Å². The fourth-order valence-electron chi connectivity index (χ4n) is 2.02. The third-order valence-electron chi connectivity index (χ3n) is 2.93. The molecule has 0 unspecified atom stereocenters. The predicted molar refractivity (Wildman–Crippen MR) is 90.9 cm³/mol. The monoisotopic (exact) mass is 320 g/mol. The van der Waals surface area contributed by atoms with Gasteiger partial charge in [-0.25, -0.2) is 9.97 Å². The van der Waals surface area contributed by atoms with E-state index in [4.69, 9.17) is 16.3 Å². The average molecular weight is 321 g/mol. The molecule has 0 aliphatic heterocycles. The minimum atomic E-state index is 0.105. The van der Waals surface area contributed by atoms with Crippen LogP contribution < -0.4 is 15.0 Å². The van der Waals surface area contributed by atoms with Crippen molar-refractivity contribution in [3.8, 4) is 5.75 Å². The molecule has 5 nitrogen and oxygen atoms in total. The maximum Gasteiger partial charge on any atom is 0.171 e. The highest BCUT2D eigenvalue weighted by atomic mass is 35.5. The van der Waals surface area contributed by atoms with Gasteiger partial charge >= 0.3 is 0 Å². The Morgan fingerprint density at radius 3 is 2.64 bits per heavy atom. The Morgan fingerprint density at radius 1 is 1.23 bits per heavy atom. The van der Waals surface area contributed by atoms with E-state index in [1.165, 1.54) is 0 Å². The summed E-state index contributed by atoms with van der Waals surface area (Å²) in [5.74, 6) is 2.33. The van der Waals surface area contributed by atoms with Crippen LogP contribution in [0.5, 0.6) is 5.75 Å². The van der Waals surface area contributed by atoms with Gasteiger partial charge in [-0.1, -0.05) is 11.6 Å². The van der Waals surface area contributed by atoms with Crippen LogP contribution in [-0.2, 0) is 6.54 Å². The van der Waals surface area contributed by atoms with Gasteiger partial charge in [-0.2, -0.15) is 0 Å². The van der Waals surface area contributed by atoms with Gasteiger partial charge in [-0.05, 0) is 32.0 Å². The number of anilines is 2. The van der Waals surface area contributed by atoms with Crippen molar-refractivity contribution in [2.45, 2.75) is 26.5 Å². The molecule has 2 rings (SSSR count). The highest BCUT2D eigenvalue weighted by Crippen LogP contribution is 2.26. The Kier molecular flexibility index (Phi) is 5.44. The first-order valence-electron chi connectivity index (χ1n) is 7.14. The van der Waals surface area contributed by atoms with Gasteiger partial charge in [-0.3, -0.25) is 0 Å². The summed E-state index contributed by atoms with van der Waals surface area (Å²) < 4.78 is 5.82. The summed E-state index contributed by atoms with van der Waals surface area (Å²) in [6.45, 7) is 4.55. The number of ether oxygens (including phenoxy) is 1. The Bertz CT molecular complexity index is 631. The van der Waals surface area contributed by atoms with Gasteiger partial charge in [0.1, 0.15) is 5.75 Å². The molecule has 2 aromatic rings. The molecule has 0 radical (unpaired) electrons. The topological polar surface area (TPSA) is 50.3 Å². The zero-order valence-electron chi connectivity index (χ0n) is 13.3. The van der Waals surface area contributed by atoms with Crippen molar-refractivity contribution in [3.05, 3.63) is 41.2 Å². The van der Waals surface area contributed by atoms with Crippen LogP contribution in [0.25, 0.3) is 0 Å². The van der Waals surface area contributed by atoms with Crippen LogP contribution in [0.3, 0.4) is 0 Å². The number of hydrogen-bond donors (Lipinski definition) is 1. The fraction of sp³-hybridized carbons (Fsp3) is 0.375. The van der Waals surface area contributed by atoms with E-state index in [1.807, 2.05) is 51.0 Å². The van der Waals surface area contributed by atoms with E-state index < -0.39 is 0 Å². The smallest absolute Gasteiger partial charge is 0.171 e. The van der Waals surface area contributed by atoms with Crippen molar-refractivity contribution in [3.63, 3.8) is 0 Å². The first-order chi connectivity index (χ1) is 10.5. The molecule has 118 valence electrons. The second-order valence-corrected chi connectivity index (χ2v) is 5.83. The van der Waals surface area contributed by atoms with Crippen LogP contribution >= 0.6 is 11.6 Å². The summed E-state index contributed by atoms with van der Waals surface area (Å²) in [4.78, 5) is 10.6. The normalized spacial score (nSPS) is 10.6. The minimum Gasteiger partial charge on any atom is -0.491 e. The minimum absolute atomic E-state index is 0.105. The summed E-state index contributed by atoms with van der Waals surface area (Å²) >= 11 is 6.10. The van der Waals surface area contributed by atoms with E-state index in [9.17, 15) is 0 Å². The fourth-order valence-corrected chi connectivity index (χ4v) is 2.21. The van der Waals surface area contributed by atoms with Crippen LogP contribution in [-0.4, -0.2) is 30.2 Å². The molecule has 0 saturated heterocycles. The van der Waals surface area contributed by atoms with Gasteiger partial charge in [0.05, 0.1) is 6.10 Å². The van der Waals surface area contributed by atoms with E-state index in [1.54, 1.807) is 12.4 Å². The van der Waals surface area contributed by atoms with Crippen molar-refractivity contribution in [2.75, 3.05) is 24.3 Å². The Hall–Kier alpha value is -2.01. The van der Waals surface area contributed by atoms with Gasteiger partial charge in [0, 0.05) is 43.6 Å². The molecule has 0 saturated carbocycles. The van der Waals surface area contributed by atoms with E-state index in [0.29, 0.717) is 11.6 Å². The lowest BCUT2D eigenvalue weighted by Gasteiger charge is -2.18. The molecule has 1 N–H and O–H groups in total. The Balaban J connectivity index is 2.19. The number of benzene rings is 1. The van der Waals surface area contributed by atoms with Gasteiger partial charge < -0.3 is 15.0 Å². The van der Waals surface area contributed by atoms with Crippen molar-refractivity contribution < 1.29 is 4.74 Å². The summed E-state index contributed by atoms with van der Waals surface area (Å²) in [5, 5.41) is 3.98. The van der Waals surface area contributed by atoms with Crippen LogP contribution in [0.1, 0.15) is 19.4 Å². The maximum absolute atomic E-state index is 6.10. The Morgan fingerprint density at radius 2 is 1.95 bits per heavy atom. The molecule has 0 bridgehead atoms. The van der Waals surface area contributed by atoms with Gasteiger partial charge in [0.25, 0.3) is 0 Å². The van der Waals surface area contributed by atoms with Crippen molar-refractivity contribution in [2.24, 2.45) is 0 Å². The van der Waals surface area contributed by atoms with Crippen molar-refractivity contribution in [1.29, 1.82) is 0 Å². The zero-order valence-corrected chi connectivity index (χ0v) is 14.1. The van der Waals surface area contributed by atoms with Crippen molar-refractivity contribution in [1.82, 2.24) is 9.97 Å². The van der Waals surface area contributed by atoms with E-state index in [0.717, 1.165) is 22.9 Å². The molecule has 0 fully saturated rings. The van der Waals surface area contributed by atoms with Gasteiger partial charge in [0.15, 0.2) is 11.6 Å². The molecule has 1 aromatic carbocycles. The predicted octanol–water partition coefficient (Wildman–Crippen LogP) is 3.60. The maximum atomic E-state index is 6.10. The number of nitrogens with one attached hydrogen (secondary N) is 1. The summed E-state index contributed by atoms with van der Waals surface area (Å²) in [7, 11) is 3.86. The van der Waals surface area contributed by atoms with E-state index in [2.05, 4.69) is 15.3 Å². The molecule has 0 aliphatic carbocycles. The standard InChI is InChI=1S/C16H21ClN4O/c1-11(2)22-14-6-5-13(17)9-12(14)10-20-15-16(21(3)4)19-8-7-18-15/h5-9,11H,10H2,1-4H3,(H,18,20). The van der Waals surface area contributed by atoms with E-state index in [-0.39, 0.29) is 6.10 Å². The molecule has 0 aliphatic rings. The second-order valence-electron chi connectivity index (χ2n) is 5.40. The lowest BCUT2D eigenvalue weighted by molar-refractivity contribution is 0.240. The number of nitrogens with zero attached hydrogens (tertiary/aromatic N) is 3.